The minimum absolute atomic E-state index is 0.111. The van der Waals surface area contributed by atoms with Crippen molar-refractivity contribution in [2.75, 3.05) is 19.3 Å². The predicted octanol–water partition coefficient (Wildman–Crippen LogP) is 1.21. The van der Waals surface area contributed by atoms with E-state index in [1.165, 1.54) is 12.0 Å². The van der Waals surface area contributed by atoms with Gasteiger partial charge in [-0.2, -0.15) is 0 Å². The van der Waals surface area contributed by atoms with Crippen LogP contribution in [0, 0.1) is 0 Å². The fourth-order valence-corrected chi connectivity index (χ4v) is 3.85. The molecule has 3 rings (SSSR count). The summed E-state index contributed by atoms with van der Waals surface area (Å²) in [5.41, 5.74) is 2.17. The lowest BCUT2D eigenvalue weighted by Crippen LogP contribution is -2.44. The number of fused-ring (bicyclic) bond motifs is 1. The SMILES string of the molecule is CS(=O)(=O)NC[C@H]1CN(C(=O)CC2=CCCCC2)Cc2cncn21. The Balaban J connectivity index is 1.69. The zero-order valence-electron chi connectivity index (χ0n) is 13.9. The molecule has 24 heavy (non-hydrogen) atoms. The number of hydrogen-bond donors (Lipinski definition) is 1. The summed E-state index contributed by atoms with van der Waals surface area (Å²) < 4.78 is 27.3. The smallest absolute Gasteiger partial charge is 0.227 e. The predicted molar refractivity (Wildman–Crippen MR) is 90.7 cm³/mol. The highest BCUT2D eigenvalue weighted by Crippen LogP contribution is 2.25. The van der Waals surface area contributed by atoms with Crippen LogP contribution in [-0.4, -0.2) is 48.1 Å². The van der Waals surface area contributed by atoms with E-state index in [0.29, 0.717) is 19.5 Å². The summed E-state index contributed by atoms with van der Waals surface area (Å²) in [4.78, 5) is 18.6. The molecule has 1 atom stereocenters. The van der Waals surface area contributed by atoms with E-state index < -0.39 is 10.0 Å². The fourth-order valence-electron chi connectivity index (χ4n) is 3.36. The average Bonchev–Trinajstić information content (AvgIpc) is 3.01. The van der Waals surface area contributed by atoms with Crippen LogP contribution in [0.3, 0.4) is 0 Å². The normalized spacial score (nSPS) is 21.3. The Labute approximate surface area is 142 Å². The van der Waals surface area contributed by atoms with Gasteiger partial charge in [0.25, 0.3) is 0 Å². The van der Waals surface area contributed by atoms with E-state index >= 15 is 0 Å². The molecule has 0 radical (unpaired) electrons. The summed E-state index contributed by atoms with van der Waals surface area (Å²) in [6.07, 6.45) is 11.7. The summed E-state index contributed by atoms with van der Waals surface area (Å²) in [5, 5.41) is 0. The van der Waals surface area contributed by atoms with Crippen molar-refractivity contribution in [3.8, 4) is 0 Å². The van der Waals surface area contributed by atoms with Gasteiger partial charge in [-0.1, -0.05) is 11.6 Å². The molecule has 1 N–H and O–H groups in total. The summed E-state index contributed by atoms with van der Waals surface area (Å²) in [5.74, 6) is 0.111. The maximum Gasteiger partial charge on any atom is 0.227 e. The van der Waals surface area contributed by atoms with Crippen LogP contribution < -0.4 is 4.72 Å². The van der Waals surface area contributed by atoms with Crippen molar-refractivity contribution in [1.29, 1.82) is 0 Å². The molecule has 1 aliphatic heterocycles. The largest absolute Gasteiger partial charge is 0.334 e. The molecule has 0 fully saturated rings. The van der Waals surface area contributed by atoms with Crippen molar-refractivity contribution in [3.63, 3.8) is 0 Å². The van der Waals surface area contributed by atoms with Crippen LogP contribution in [0.2, 0.25) is 0 Å². The van der Waals surface area contributed by atoms with E-state index in [-0.39, 0.29) is 18.5 Å². The number of nitrogens with zero attached hydrogens (tertiary/aromatic N) is 3. The molecule has 0 saturated carbocycles. The lowest BCUT2D eigenvalue weighted by Gasteiger charge is -2.35. The molecule has 0 unspecified atom stereocenters. The molecule has 0 bridgehead atoms. The van der Waals surface area contributed by atoms with Crippen LogP contribution in [0.25, 0.3) is 0 Å². The zero-order chi connectivity index (χ0) is 17.2. The minimum atomic E-state index is -3.27. The second kappa shape index (κ2) is 7.06. The van der Waals surface area contributed by atoms with Crippen molar-refractivity contribution >= 4 is 15.9 Å². The minimum Gasteiger partial charge on any atom is -0.334 e. The van der Waals surface area contributed by atoms with Crippen LogP contribution in [0.1, 0.15) is 43.8 Å². The van der Waals surface area contributed by atoms with Crippen LogP contribution in [0.4, 0.5) is 0 Å². The van der Waals surface area contributed by atoms with Crippen molar-refractivity contribution in [2.45, 2.75) is 44.7 Å². The summed E-state index contributed by atoms with van der Waals surface area (Å²) in [7, 11) is -3.27. The number of allylic oxidation sites excluding steroid dienone is 1. The number of carbonyl (C=O) groups is 1. The second-order valence-electron chi connectivity index (χ2n) is 6.63. The van der Waals surface area contributed by atoms with Gasteiger partial charge in [-0.05, 0) is 25.7 Å². The Bertz CT molecular complexity index is 738. The Hall–Kier alpha value is -1.67. The first kappa shape index (κ1) is 17.2. The van der Waals surface area contributed by atoms with Gasteiger partial charge in [-0.15, -0.1) is 0 Å². The Morgan fingerprint density at radius 2 is 2.25 bits per heavy atom. The monoisotopic (exact) mass is 352 g/mol. The molecule has 1 aromatic rings. The van der Waals surface area contributed by atoms with Crippen molar-refractivity contribution < 1.29 is 13.2 Å². The van der Waals surface area contributed by atoms with E-state index in [9.17, 15) is 13.2 Å². The molecular weight excluding hydrogens is 328 g/mol. The summed E-state index contributed by atoms with van der Waals surface area (Å²) in [6.45, 7) is 1.29. The number of sulfonamides is 1. The highest BCUT2D eigenvalue weighted by molar-refractivity contribution is 7.88. The number of nitrogens with one attached hydrogen (secondary N) is 1. The van der Waals surface area contributed by atoms with Gasteiger partial charge in [0.1, 0.15) is 0 Å². The van der Waals surface area contributed by atoms with E-state index in [1.54, 1.807) is 12.5 Å². The molecule has 0 spiro atoms. The molecule has 2 heterocycles. The third-order valence-corrected chi connectivity index (χ3v) is 5.31. The molecule has 7 nitrogen and oxygen atoms in total. The first-order chi connectivity index (χ1) is 11.4. The molecule has 132 valence electrons. The van der Waals surface area contributed by atoms with Gasteiger partial charge in [0.2, 0.25) is 15.9 Å². The second-order valence-corrected chi connectivity index (χ2v) is 8.46. The number of hydrogen-bond acceptors (Lipinski definition) is 4. The van der Waals surface area contributed by atoms with Crippen LogP contribution in [0.5, 0.6) is 0 Å². The Morgan fingerprint density at radius 1 is 1.42 bits per heavy atom. The molecule has 2 aliphatic rings. The third kappa shape index (κ3) is 4.24. The van der Waals surface area contributed by atoms with Crippen LogP contribution in [0.15, 0.2) is 24.2 Å². The van der Waals surface area contributed by atoms with Crippen molar-refractivity contribution in [3.05, 3.63) is 29.9 Å². The number of rotatable bonds is 5. The standard InChI is InChI=1S/C16H24N4O3S/c1-24(22,23)18-9-15-11-19(10-14-8-17-12-20(14)15)16(21)7-13-5-3-2-4-6-13/h5,8,12,15,18H,2-4,6-7,9-11H2,1H3/t15-/m0/s1. The number of aromatic nitrogens is 2. The van der Waals surface area contributed by atoms with Gasteiger partial charge in [-0.25, -0.2) is 18.1 Å². The van der Waals surface area contributed by atoms with Gasteiger partial charge in [0, 0.05) is 25.7 Å². The molecule has 1 aliphatic carbocycles. The van der Waals surface area contributed by atoms with E-state index in [4.69, 9.17) is 0 Å². The van der Waals surface area contributed by atoms with Gasteiger partial charge in [0.15, 0.2) is 0 Å². The fraction of sp³-hybridized carbons (Fsp3) is 0.625. The Morgan fingerprint density at radius 3 is 2.96 bits per heavy atom. The third-order valence-electron chi connectivity index (χ3n) is 4.62. The highest BCUT2D eigenvalue weighted by Gasteiger charge is 2.28. The van der Waals surface area contributed by atoms with Crippen molar-refractivity contribution in [1.82, 2.24) is 19.2 Å². The zero-order valence-corrected chi connectivity index (χ0v) is 14.8. The van der Waals surface area contributed by atoms with Gasteiger partial charge < -0.3 is 9.47 Å². The number of amides is 1. The van der Waals surface area contributed by atoms with E-state index in [1.807, 2.05) is 9.47 Å². The van der Waals surface area contributed by atoms with Gasteiger partial charge in [0.05, 0.1) is 30.9 Å². The molecule has 8 heteroatoms. The molecule has 1 aromatic heterocycles. The van der Waals surface area contributed by atoms with Gasteiger partial charge >= 0.3 is 0 Å². The Kier molecular flexibility index (Phi) is 5.05. The average molecular weight is 352 g/mol. The first-order valence-electron chi connectivity index (χ1n) is 8.33. The molecule has 0 aromatic carbocycles. The molecule has 1 amide bonds. The topological polar surface area (TPSA) is 84.3 Å². The van der Waals surface area contributed by atoms with Gasteiger partial charge in [-0.3, -0.25) is 4.79 Å². The first-order valence-corrected chi connectivity index (χ1v) is 10.2. The quantitative estimate of drug-likeness (QED) is 0.807. The van der Waals surface area contributed by atoms with Crippen LogP contribution >= 0.6 is 0 Å². The molecular formula is C16H24N4O3S. The summed E-state index contributed by atoms with van der Waals surface area (Å²) >= 11 is 0. The molecule has 0 saturated heterocycles. The summed E-state index contributed by atoms with van der Waals surface area (Å²) in [6, 6.07) is -0.129. The maximum absolute atomic E-state index is 12.7. The highest BCUT2D eigenvalue weighted by atomic mass is 32.2. The lowest BCUT2D eigenvalue weighted by molar-refractivity contribution is -0.132. The van der Waals surface area contributed by atoms with E-state index in [0.717, 1.165) is 31.2 Å². The maximum atomic E-state index is 12.7. The van der Waals surface area contributed by atoms with Crippen LogP contribution in [-0.2, 0) is 21.4 Å². The number of imidazole rings is 1. The van der Waals surface area contributed by atoms with Crippen molar-refractivity contribution in [2.24, 2.45) is 0 Å². The number of carbonyl (C=O) groups excluding carboxylic acids is 1. The lowest BCUT2D eigenvalue weighted by atomic mass is 9.96. The van der Waals surface area contributed by atoms with E-state index in [2.05, 4.69) is 15.8 Å².